The van der Waals surface area contributed by atoms with Gasteiger partial charge in [0.05, 0.1) is 5.69 Å². The first-order valence-electron chi connectivity index (χ1n) is 7.47. The molecule has 0 fully saturated rings. The molecule has 1 aliphatic rings. The zero-order chi connectivity index (χ0) is 15.9. The number of aromatic nitrogens is 2. The zero-order valence-corrected chi connectivity index (χ0v) is 13.9. The standard InChI is InChI=1S/C17H20ClN3O/c1-17(2,3)16(22)21-9-8-14-13(10-21)15(20-19-14)11-4-6-12(18)7-5-11/h4-7H,8-10H2,1-3H3,(H,19,20). The van der Waals surface area contributed by atoms with Crippen molar-refractivity contribution < 1.29 is 4.79 Å². The van der Waals surface area contributed by atoms with Gasteiger partial charge in [-0.05, 0) is 12.1 Å². The van der Waals surface area contributed by atoms with Crippen molar-refractivity contribution in [2.75, 3.05) is 6.54 Å². The van der Waals surface area contributed by atoms with Crippen LogP contribution in [0, 0.1) is 5.41 Å². The summed E-state index contributed by atoms with van der Waals surface area (Å²) >= 11 is 5.95. The van der Waals surface area contributed by atoms with E-state index >= 15 is 0 Å². The summed E-state index contributed by atoms with van der Waals surface area (Å²) in [5, 5.41) is 8.27. The maximum Gasteiger partial charge on any atom is 0.228 e. The molecular formula is C17H20ClN3O. The first-order chi connectivity index (χ1) is 10.4. The molecule has 1 amide bonds. The van der Waals surface area contributed by atoms with Crippen molar-refractivity contribution in [1.29, 1.82) is 0 Å². The number of rotatable bonds is 1. The Bertz CT molecular complexity index is 698. The van der Waals surface area contributed by atoms with Gasteiger partial charge in [0.25, 0.3) is 0 Å². The topological polar surface area (TPSA) is 49.0 Å². The number of halogens is 1. The number of aromatic amines is 1. The number of carbonyl (C=O) groups excluding carboxylic acids is 1. The Kier molecular flexibility index (Phi) is 3.73. The number of nitrogens with one attached hydrogen (secondary N) is 1. The number of benzene rings is 1. The smallest absolute Gasteiger partial charge is 0.228 e. The van der Waals surface area contributed by atoms with E-state index in [1.807, 2.05) is 49.9 Å². The second kappa shape index (κ2) is 5.43. The molecule has 0 spiro atoms. The summed E-state index contributed by atoms with van der Waals surface area (Å²) in [6.45, 7) is 7.23. The molecule has 5 heteroatoms. The predicted octanol–water partition coefficient (Wildman–Crippen LogP) is 3.66. The van der Waals surface area contributed by atoms with Gasteiger partial charge in [-0.3, -0.25) is 9.89 Å². The minimum atomic E-state index is -0.359. The van der Waals surface area contributed by atoms with E-state index in [4.69, 9.17) is 11.6 Å². The minimum absolute atomic E-state index is 0.182. The molecule has 0 radical (unpaired) electrons. The average molecular weight is 318 g/mol. The Morgan fingerprint density at radius 3 is 2.59 bits per heavy atom. The van der Waals surface area contributed by atoms with Crippen LogP contribution < -0.4 is 0 Å². The van der Waals surface area contributed by atoms with Crippen molar-refractivity contribution >= 4 is 17.5 Å². The number of fused-ring (bicyclic) bond motifs is 1. The molecule has 2 aromatic rings. The van der Waals surface area contributed by atoms with Crippen molar-refractivity contribution in [3.63, 3.8) is 0 Å². The first-order valence-corrected chi connectivity index (χ1v) is 7.85. The molecule has 2 heterocycles. The fraction of sp³-hybridized carbons (Fsp3) is 0.412. The maximum absolute atomic E-state index is 12.5. The molecular weight excluding hydrogens is 298 g/mol. The first kappa shape index (κ1) is 15.1. The third-order valence-electron chi connectivity index (χ3n) is 3.98. The van der Waals surface area contributed by atoms with Crippen molar-refractivity contribution in [2.24, 2.45) is 5.41 Å². The predicted molar refractivity (Wildman–Crippen MR) is 87.6 cm³/mol. The maximum atomic E-state index is 12.5. The van der Waals surface area contributed by atoms with Crippen LogP contribution in [0.3, 0.4) is 0 Å². The summed E-state index contributed by atoms with van der Waals surface area (Å²) in [5.74, 6) is 0.182. The largest absolute Gasteiger partial charge is 0.337 e. The van der Waals surface area contributed by atoms with Crippen LogP contribution in [-0.2, 0) is 17.8 Å². The highest BCUT2D eigenvalue weighted by Gasteiger charge is 2.31. The van der Waals surface area contributed by atoms with Crippen LogP contribution >= 0.6 is 11.6 Å². The van der Waals surface area contributed by atoms with Gasteiger partial charge in [0.2, 0.25) is 5.91 Å². The summed E-state index contributed by atoms with van der Waals surface area (Å²) < 4.78 is 0. The lowest BCUT2D eigenvalue weighted by atomic mass is 9.92. The van der Waals surface area contributed by atoms with Gasteiger partial charge in [-0.1, -0.05) is 44.5 Å². The van der Waals surface area contributed by atoms with Gasteiger partial charge in [0.1, 0.15) is 0 Å². The van der Waals surface area contributed by atoms with E-state index in [0.717, 1.165) is 35.5 Å². The lowest BCUT2D eigenvalue weighted by Crippen LogP contribution is -2.42. The molecule has 0 atom stereocenters. The van der Waals surface area contributed by atoms with E-state index in [2.05, 4.69) is 10.2 Å². The number of amides is 1. The fourth-order valence-electron chi connectivity index (χ4n) is 2.79. The van der Waals surface area contributed by atoms with Gasteiger partial charge < -0.3 is 4.90 Å². The highest BCUT2D eigenvalue weighted by Crippen LogP contribution is 2.30. The van der Waals surface area contributed by atoms with E-state index in [-0.39, 0.29) is 11.3 Å². The van der Waals surface area contributed by atoms with Crippen molar-refractivity contribution in [1.82, 2.24) is 15.1 Å². The molecule has 0 saturated heterocycles. The van der Waals surface area contributed by atoms with Crippen molar-refractivity contribution in [3.05, 3.63) is 40.5 Å². The van der Waals surface area contributed by atoms with Crippen LogP contribution in [0.15, 0.2) is 24.3 Å². The third kappa shape index (κ3) is 2.75. The highest BCUT2D eigenvalue weighted by molar-refractivity contribution is 6.30. The molecule has 3 rings (SSSR count). The SMILES string of the molecule is CC(C)(C)C(=O)N1CCc2[nH]nc(-c3ccc(Cl)cc3)c2C1. The van der Waals surface area contributed by atoms with E-state index < -0.39 is 0 Å². The van der Waals surface area contributed by atoms with Gasteiger partial charge in [-0.15, -0.1) is 0 Å². The molecule has 0 saturated carbocycles. The molecule has 22 heavy (non-hydrogen) atoms. The second-order valence-electron chi connectivity index (χ2n) is 6.76. The van der Waals surface area contributed by atoms with Gasteiger partial charge in [-0.25, -0.2) is 0 Å². The summed E-state index contributed by atoms with van der Waals surface area (Å²) in [4.78, 5) is 14.4. The molecule has 4 nitrogen and oxygen atoms in total. The Morgan fingerprint density at radius 2 is 1.95 bits per heavy atom. The van der Waals surface area contributed by atoms with Crippen LogP contribution in [0.4, 0.5) is 0 Å². The molecule has 1 aromatic carbocycles. The Labute approximate surface area is 135 Å². The average Bonchev–Trinajstić information content (AvgIpc) is 2.89. The summed E-state index contributed by atoms with van der Waals surface area (Å²) in [6, 6.07) is 7.64. The monoisotopic (exact) mass is 317 g/mol. The van der Waals surface area contributed by atoms with Crippen molar-refractivity contribution in [2.45, 2.75) is 33.7 Å². The van der Waals surface area contributed by atoms with Gasteiger partial charge in [-0.2, -0.15) is 5.10 Å². The van der Waals surface area contributed by atoms with Crippen LogP contribution in [0.1, 0.15) is 32.0 Å². The Balaban J connectivity index is 1.92. The number of nitrogens with zero attached hydrogens (tertiary/aromatic N) is 2. The minimum Gasteiger partial charge on any atom is -0.337 e. The normalized spacial score (nSPS) is 14.8. The summed E-state index contributed by atoms with van der Waals surface area (Å²) in [5.41, 5.74) is 3.82. The molecule has 1 aliphatic heterocycles. The third-order valence-corrected chi connectivity index (χ3v) is 4.23. The molecule has 1 aromatic heterocycles. The van der Waals surface area contributed by atoms with E-state index in [1.54, 1.807) is 0 Å². The highest BCUT2D eigenvalue weighted by atomic mass is 35.5. The molecule has 0 unspecified atom stereocenters. The van der Waals surface area contributed by atoms with Crippen LogP contribution in [-0.4, -0.2) is 27.5 Å². The Morgan fingerprint density at radius 1 is 1.27 bits per heavy atom. The summed E-state index contributed by atoms with van der Waals surface area (Å²) in [6.07, 6.45) is 0.817. The molecule has 0 aliphatic carbocycles. The van der Waals surface area contributed by atoms with E-state index in [9.17, 15) is 4.79 Å². The quantitative estimate of drug-likeness (QED) is 0.872. The second-order valence-corrected chi connectivity index (χ2v) is 7.20. The molecule has 1 N–H and O–H groups in total. The fourth-order valence-corrected chi connectivity index (χ4v) is 2.92. The zero-order valence-electron chi connectivity index (χ0n) is 13.1. The van der Waals surface area contributed by atoms with E-state index in [0.29, 0.717) is 11.6 Å². The van der Waals surface area contributed by atoms with Crippen LogP contribution in [0.2, 0.25) is 5.02 Å². The van der Waals surface area contributed by atoms with Crippen molar-refractivity contribution in [3.8, 4) is 11.3 Å². The van der Waals surface area contributed by atoms with Gasteiger partial charge in [0, 0.05) is 46.8 Å². The van der Waals surface area contributed by atoms with Gasteiger partial charge in [0.15, 0.2) is 0 Å². The van der Waals surface area contributed by atoms with E-state index in [1.165, 1.54) is 0 Å². The Hall–Kier alpha value is -1.81. The summed E-state index contributed by atoms with van der Waals surface area (Å²) in [7, 11) is 0. The van der Waals surface area contributed by atoms with Crippen LogP contribution in [0.5, 0.6) is 0 Å². The number of hydrogen-bond acceptors (Lipinski definition) is 2. The number of hydrogen-bond donors (Lipinski definition) is 1. The molecule has 0 bridgehead atoms. The lowest BCUT2D eigenvalue weighted by Gasteiger charge is -2.32. The van der Waals surface area contributed by atoms with Crippen LogP contribution in [0.25, 0.3) is 11.3 Å². The number of carbonyl (C=O) groups is 1. The molecule has 116 valence electrons. The lowest BCUT2D eigenvalue weighted by molar-refractivity contribution is -0.140. The number of H-pyrrole nitrogens is 1. The van der Waals surface area contributed by atoms with Gasteiger partial charge >= 0.3 is 0 Å².